The molecule has 1 aliphatic rings. The van der Waals surface area contributed by atoms with Crippen LogP contribution in [-0.4, -0.2) is 30.0 Å². The predicted molar refractivity (Wildman–Crippen MR) is 82.1 cm³/mol. The van der Waals surface area contributed by atoms with Gasteiger partial charge in [0.1, 0.15) is 5.75 Å². The third kappa shape index (κ3) is 5.45. The monoisotopic (exact) mass is 280 g/mol. The zero-order chi connectivity index (χ0) is 13.5. The molecule has 0 saturated carbocycles. The van der Waals surface area contributed by atoms with Crippen LogP contribution in [-0.2, 0) is 0 Å². The summed E-state index contributed by atoms with van der Waals surface area (Å²) in [7, 11) is 0. The fourth-order valence-electron chi connectivity index (χ4n) is 2.76. The van der Waals surface area contributed by atoms with Crippen LogP contribution in [0.4, 0.5) is 0 Å². The first-order valence-electron chi connectivity index (χ1n) is 7.53. The van der Waals surface area contributed by atoms with Gasteiger partial charge in [-0.3, -0.25) is 0 Å². The Kier molecular flexibility index (Phi) is 6.05. The summed E-state index contributed by atoms with van der Waals surface area (Å²) in [6.45, 7) is 6.43. The van der Waals surface area contributed by atoms with Crippen LogP contribution in [0.2, 0.25) is 0 Å². The number of aromatic hydroxyl groups is 1. The van der Waals surface area contributed by atoms with Crippen molar-refractivity contribution in [2.75, 3.05) is 19.6 Å². The third-order valence-corrected chi connectivity index (χ3v) is 5.06. The minimum atomic E-state index is 0.353. The van der Waals surface area contributed by atoms with Crippen LogP contribution in [0.15, 0.2) is 29.2 Å². The molecule has 0 radical (unpaired) electrons. The number of phenols is 1. The van der Waals surface area contributed by atoms with Gasteiger partial charge in [0.05, 0.1) is 19.6 Å². The number of hydrogen-bond acceptors (Lipinski definition) is 2. The minimum absolute atomic E-state index is 0.353. The lowest BCUT2D eigenvalue weighted by Crippen LogP contribution is -3.12. The summed E-state index contributed by atoms with van der Waals surface area (Å²) in [6, 6.07) is 7.55. The number of hydrogen-bond donors (Lipinski definition) is 2. The van der Waals surface area contributed by atoms with Crippen molar-refractivity contribution in [2.24, 2.45) is 0 Å². The normalized spacial score (nSPS) is 18.4. The van der Waals surface area contributed by atoms with Gasteiger partial charge in [0.2, 0.25) is 0 Å². The van der Waals surface area contributed by atoms with E-state index >= 15 is 0 Å². The molecule has 1 fully saturated rings. The summed E-state index contributed by atoms with van der Waals surface area (Å²) in [4.78, 5) is 3.07. The van der Waals surface area contributed by atoms with Crippen LogP contribution in [0.3, 0.4) is 0 Å². The molecule has 2 rings (SSSR count). The summed E-state index contributed by atoms with van der Waals surface area (Å²) >= 11 is 1.92. The van der Waals surface area contributed by atoms with E-state index in [9.17, 15) is 5.11 Å². The Hall–Kier alpha value is -0.670. The largest absolute Gasteiger partial charge is 0.508 e. The molecule has 0 unspecified atom stereocenters. The van der Waals surface area contributed by atoms with Gasteiger partial charge in [-0.25, -0.2) is 0 Å². The van der Waals surface area contributed by atoms with Crippen molar-refractivity contribution in [3.63, 3.8) is 0 Å². The summed E-state index contributed by atoms with van der Waals surface area (Å²) in [5, 5.41) is 9.93. The van der Waals surface area contributed by atoms with Crippen LogP contribution < -0.4 is 4.90 Å². The smallest absolute Gasteiger partial charge is 0.115 e. The molecule has 1 aromatic carbocycles. The van der Waals surface area contributed by atoms with Gasteiger partial charge in [0.15, 0.2) is 0 Å². The number of rotatable bonds is 6. The first kappa shape index (κ1) is 14.7. The molecule has 1 atom stereocenters. The maximum atomic E-state index is 9.26. The Morgan fingerprint density at radius 3 is 2.53 bits per heavy atom. The van der Waals surface area contributed by atoms with Crippen LogP contribution >= 0.6 is 11.8 Å². The SMILES string of the molecule is C[C@H](CCC[NH+]1CCCCC1)Sc1ccc(O)cc1. The third-order valence-electron chi connectivity index (χ3n) is 3.88. The van der Waals surface area contributed by atoms with Crippen molar-refractivity contribution in [3.8, 4) is 5.75 Å². The molecule has 0 amide bonds. The van der Waals surface area contributed by atoms with E-state index in [0.29, 0.717) is 11.0 Å². The number of nitrogens with one attached hydrogen (secondary N) is 1. The van der Waals surface area contributed by atoms with E-state index < -0.39 is 0 Å². The molecule has 0 spiro atoms. The Morgan fingerprint density at radius 2 is 1.84 bits per heavy atom. The number of likely N-dealkylation sites (tertiary alicyclic amines) is 1. The number of thioether (sulfide) groups is 1. The lowest BCUT2D eigenvalue weighted by molar-refractivity contribution is -0.905. The second-order valence-electron chi connectivity index (χ2n) is 5.63. The van der Waals surface area contributed by atoms with Crippen LogP contribution in [0, 0.1) is 0 Å². The van der Waals surface area contributed by atoms with Crippen molar-refractivity contribution in [1.82, 2.24) is 0 Å². The second kappa shape index (κ2) is 7.81. The lowest BCUT2D eigenvalue weighted by atomic mass is 10.1. The number of benzene rings is 1. The molecule has 19 heavy (non-hydrogen) atoms. The van der Waals surface area contributed by atoms with Gasteiger partial charge in [0.25, 0.3) is 0 Å². The standard InChI is InChI=1S/C16H25NOS/c1-14(19-16-9-7-15(18)8-10-16)6-5-13-17-11-3-2-4-12-17/h7-10,14,18H,2-6,11-13H2,1H3/p+1/t14-/m1/s1. The lowest BCUT2D eigenvalue weighted by Gasteiger charge is -2.23. The molecular weight excluding hydrogens is 254 g/mol. The van der Waals surface area contributed by atoms with E-state index in [2.05, 4.69) is 6.92 Å². The average Bonchev–Trinajstić information content (AvgIpc) is 2.43. The van der Waals surface area contributed by atoms with Crippen molar-refractivity contribution < 1.29 is 10.0 Å². The summed E-state index contributed by atoms with van der Waals surface area (Å²) in [5.74, 6) is 0.353. The van der Waals surface area contributed by atoms with Crippen LogP contribution in [0.25, 0.3) is 0 Å². The van der Waals surface area contributed by atoms with Crippen molar-refractivity contribution in [3.05, 3.63) is 24.3 Å². The highest BCUT2D eigenvalue weighted by molar-refractivity contribution is 7.99. The van der Waals surface area contributed by atoms with Crippen molar-refractivity contribution in [1.29, 1.82) is 0 Å². The van der Waals surface area contributed by atoms with Crippen molar-refractivity contribution in [2.45, 2.75) is 49.2 Å². The summed E-state index contributed by atoms with van der Waals surface area (Å²) < 4.78 is 0. The fraction of sp³-hybridized carbons (Fsp3) is 0.625. The molecule has 0 bridgehead atoms. The summed E-state index contributed by atoms with van der Waals surface area (Å²) in [6.07, 6.45) is 6.91. The van der Waals surface area contributed by atoms with E-state index in [0.717, 1.165) is 0 Å². The van der Waals surface area contributed by atoms with Crippen LogP contribution in [0.1, 0.15) is 39.0 Å². The van der Waals surface area contributed by atoms with Gasteiger partial charge in [-0.05, 0) is 56.4 Å². The molecule has 1 aliphatic heterocycles. The quantitative estimate of drug-likeness (QED) is 0.783. The summed E-state index contributed by atoms with van der Waals surface area (Å²) in [5.41, 5.74) is 0. The van der Waals surface area contributed by atoms with Gasteiger partial charge in [0, 0.05) is 10.1 Å². The van der Waals surface area contributed by atoms with E-state index in [-0.39, 0.29) is 0 Å². The topological polar surface area (TPSA) is 24.7 Å². The van der Waals surface area contributed by atoms with E-state index in [1.165, 1.54) is 56.6 Å². The molecular formula is C16H26NOS+. The zero-order valence-electron chi connectivity index (χ0n) is 11.9. The highest BCUT2D eigenvalue weighted by Gasteiger charge is 2.13. The Labute approximate surface area is 121 Å². The van der Waals surface area contributed by atoms with E-state index in [4.69, 9.17) is 0 Å². The average molecular weight is 280 g/mol. The van der Waals surface area contributed by atoms with Gasteiger partial charge in [-0.15, -0.1) is 11.8 Å². The van der Waals surface area contributed by atoms with Crippen molar-refractivity contribution >= 4 is 11.8 Å². The first-order valence-corrected chi connectivity index (χ1v) is 8.41. The van der Waals surface area contributed by atoms with Crippen LogP contribution in [0.5, 0.6) is 5.75 Å². The molecule has 3 heteroatoms. The van der Waals surface area contributed by atoms with E-state index in [1.54, 1.807) is 12.1 Å². The maximum absolute atomic E-state index is 9.26. The molecule has 106 valence electrons. The maximum Gasteiger partial charge on any atom is 0.115 e. The molecule has 0 aromatic heterocycles. The molecule has 2 N–H and O–H groups in total. The van der Waals surface area contributed by atoms with Gasteiger partial charge in [-0.2, -0.15) is 0 Å². The van der Waals surface area contributed by atoms with Gasteiger partial charge in [-0.1, -0.05) is 6.92 Å². The van der Waals surface area contributed by atoms with Gasteiger partial charge >= 0.3 is 0 Å². The Balaban J connectivity index is 1.63. The highest BCUT2D eigenvalue weighted by Crippen LogP contribution is 2.27. The zero-order valence-corrected chi connectivity index (χ0v) is 12.7. The molecule has 1 aromatic rings. The molecule has 1 saturated heterocycles. The fourth-order valence-corrected chi connectivity index (χ4v) is 3.80. The van der Waals surface area contributed by atoms with Gasteiger partial charge < -0.3 is 10.0 Å². The molecule has 0 aliphatic carbocycles. The minimum Gasteiger partial charge on any atom is -0.508 e. The first-order chi connectivity index (χ1) is 9.24. The number of quaternary nitrogens is 1. The Morgan fingerprint density at radius 1 is 1.16 bits per heavy atom. The molecule has 1 heterocycles. The molecule has 2 nitrogen and oxygen atoms in total. The number of piperidine rings is 1. The van der Waals surface area contributed by atoms with E-state index in [1.807, 2.05) is 28.8 Å². The second-order valence-corrected chi connectivity index (χ2v) is 7.14. The Bertz CT molecular complexity index is 360. The highest BCUT2D eigenvalue weighted by atomic mass is 32.2. The predicted octanol–water partition coefficient (Wildman–Crippen LogP) is 2.72. The number of phenolic OH excluding ortho intramolecular Hbond substituents is 1.